The summed E-state index contributed by atoms with van der Waals surface area (Å²) in [5.74, 6) is 0.182. The molecule has 0 aromatic heterocycles. The number of benzene rings is 2. The lowest BCUT2D eigenvalue weighted by Crippen LogP contribution is -2.38. The Morgan fingerprint density at radius 2 is 1.77 bits per heavy atom. The third kappa shape index (κ3) is 4.99. The zero-order valence-corrected chi connectivity index (χ0v) is 19.2. The van der Waals surface area contributed by atoms with Crippen LogP contribution in [0.15, 0.2) is 52.3 Å². The summed E-state index contributed by atoms with van der Waals surface area (Å²) in [6, 6.07) is 11.8. The van der Waals surface area contributed by atoms with Gasteiger partial charge in [-0.25, -0.2) is 8.42 Å². The van der Waals surface area contributed by atoms with Crippen molar-refractivity contribution in [1.29, 1.82) is 0 Å². The van der Waals surface area contributed by atoms with E-state index in [-0.39, 0.29) is 16.8 Å². The van der Waals surface area contributed by atoms with E-state index >= 15 is 0 Å². The van der Waals surface area contributed by atoms with E-state index < -0.39 is 10.0 Å². The van der Waals surface area contributed by atoms with Gasteiger partial charge in [0.15, 0.2) is 0 Å². The summed E-state index contributed by atoms with van der Waals surface area (Å²) in [6.45, 7) is 0. The number of methoxy groups -OCH3 is 1. The van der Waals surface area contributed by atoms with Gasteiger partial charge in [0.25, 0.3) is 5.91 Å². The van der Waals surface area contributed by atoms with Crippen LogP contribution in [0.3, 0.4) is 0 Å². The third-order valence-corrected chi connectivity index (χ3v) is 8.18. The minimum atomic E-state index is -3.56. The van der Waals surface area contributed by atoms with E-state index in [2.05, 4.69) is 5.32 Å². The van der Waals surface area contributed by atoms with Crippen molar-refractivity contribution in [2.45, 2.75) is 47.9 Å². The first-order chi connectivity index (χ1) is 14.4. The molecule has 0 radical (unpaired) electrons. The van der Waals surface area contributed by atoms with Crippen LogP contribution < -0.4 is 10.1 Å². The normalized spacial score (nSPS) is 15.2. The number of sulfonamides is 1. The third-order valence-electron chi connectivity index (χ3n) is 5.53. The second kappa shape index (κ2) is 9.85. The van der Waals surface area contributed by atoms with Crippen molar-refractivity contribution in [3.05, 3.63) is 48.0 Å². The summed E-state index contributed by atoms with van der Waals surface area (Å²) in [5.41, 5.74) is 0.944. The highest BCUT2D eigenvalue weighted by Crippen LogP contribution is 2.28. The Morgan fingerprint density at radius 3 is 2.37 bits per heavy atom. The number of hydrogen-bond acceptors (Lipinski definition) is 5. The molecule has 2 aromatic carbocycles. The summed E-state index contributed by atoms with van der Waals surface area (Å²) in [6.07, 6.45) is 7.06. The highest BCUT2D eigenvalue weighted by atomic mass is 32.2. The second-order valence-electron chi connectivity index (χ2n) is 7.36. The van der Waals surface area contributed by atoms with Crippen molar-refractivity contribution in [2.24, 2.45) is 0 Å². The molecule has 0 spiro atoms. The molecule has 2 aromatic rings. The number of nitrogens with zero attached hydrogens (tertiary/aromatic N) is 1. The predicted octanol–water partition coefficient (Wildman–Crippen LogP) is 4.62. The monoisotopic (exact) mass is 448 g/mol. The van der Waals surface area contributed by atoms with E-state index in [0.29, 0.717) is 17.0 Å². The maximum absolute atomic E-state index is 13.0. The quantitative estimate of drug-likeness (QED) is 0.626. The van der Waals surface area contributed by atoms with Crippen LogP contribution in [-0.2, 0) is 10.0 Å². The number of amides is 1. The Balaban J connectivity index is 1.73. The molecule has 0 bridgehead atoms. The Bertz CT molecular complexity index is 985. The van der Waals surface area contributed by atoms with Crippen LogP contribution in [0.25, 0.3) is 0 Å². The van der Waals surface area contributed by atoms with Gasteiger partial charge in [0, 0.05) is 23.7 Å². The van der Waals surface area contributed by atoms with Crippen LogP contribution in [0.2, 0.25) is 0 Å². The van der Waals surface area contributed by atoms with Crippen LogP contribution >= 0.6 is 11.8 Å². The second-order valence-corrected chi connectivity index (χ2v) is 10.2. The van der Waals surface area contributed by atoms with Gasteiger partial charge in [0.2, 0.25) is 10.0 Å². The predicted molar refractivity (Wildman–Crippen MR) is 121 cm³/mol. The molecule has 0 atom stereocenters. The molecule has 0 saturated heterocycles. The Labute approximate surface area is 183 Å². The average Bonchev–Trinajstić information content (AvgIpc) is 2.78. The molecule has 1 amide bonds. The van der Waals surface area contributed by atoms with Crippen LogP contribution in [0.5, 0.6) is 5.75 Å². The zero-order valence-electron chi connectivity index (χ0n) is 17.6. The highest BCUT2D eigenvalue weighted by molar-refractivity contribution is 7.98. The summed E-state index contributed by atoms with van der Waals surface area (Å²) < 4.78 is 32.7. The van der Waals surface area contributed by atoms with E-state index in [9.17, 15) is 13.2 Å². The molecular weight excluding hydrogens is 420 g/mol. The van der Waals surface area contributed by atoms with Crippen LogP contribution in [-0.4, -0.2) is 45.1 Å². The van der Waals surface area contributed by atoms with Gasteiger partial charge in [-0.15, -0.1) is 11.8 Å². The minimum Gasteiger partial charge on any atom is -0.496 e. The van der Waals surface area contributed by atoms with Crippen LogP contribution in [0.1, 0.15) is 42.5 Å². The molecular formula is C22H28N2O4S2. The largest absolute Gasteiger partial charge is 0.496 e. The van der Waals surface area contributed by atoms with E-state index in [1.165, 1.54) is 17.8 Å². The zero-order chi connectivity index (χ0) is 21.7. The lowest BCUT2D eigenvalue weighted by molar-refractivity contribution is 0.102. The van der Waals surface area contributed by atoms with E-state index in [0.717, 1.165) is 30.6 Å². The molecule has 30 heavy (non-hydrogen) atoms. The van der Waals surface area contributed by atoms with Gasteiger partial charge in [0.05, 0.1) is 17.6 Å². The topological polar surface area (TPSA) is 75.7 Å². The summed E-state index contributed by atoms with van der Waals surface area (Å²) in [7, 11) is -0.371. The van der Waals surface area contributed by atoms with E-state index in [1.54, 1.807) is 49.1 Å². The molecule has 6 nitrogen and oxygen atoms in total. The molecule has 8 heteroatoms. The maximum atomic E-state index is 13.0. The Kier molecular flexibility index (Phi) is 7.44. The molecule has 0 heterocycles. The molecule has 0 aliphatic heterocycles. The Hall–Kier alpha value is -2.03. The first-order valence-electron chi connectivity index (χ1n) is 9.98. The van der Waals surface area contributed by atoms with Gasteiger partial charge in [-0.2, -0.15) is 4.31 Å². The van der Waals surface area contributed by atoms with Gasteiger partial charge in [-0.3, -0.25) is 4.79 Å². The van der Waals surface area contributed by atoms with Gasteiger partial charge >= 0.3 is 0 Å². The maximum Gasteiger partial charge on any atom is 0.259 e. The van der Waals surface area contributed by atoms with Crippen molar-refractivity contribution in [3.63, 3.8) is 0 Å². The smallest absolute Gasteiger partial charge is 0.259 e. The number of anilines is 1. The molecule has 1 fully saturated rings. The number of nitrogens with one attached hydrogen (secondary N) is 1. The molecule has 3 rings (SSSR count). The summed E-state index contributed by atoms with van der Waals surface area (Å²) >= 11 is 1.57. The van der Waals surface area contributed by atoms with Crippen molar-refractivity contribution in [3.8, 4) is 5.75 Å². The fraction of sp³-hybridized carbons (Fsp3) is 0.409. The molecule has 1 saturated carbocycles. The van der Waals surface area contributed by atoms with Crippen LogP contribution in [0, 0.1) is 0 Å². The lowest BCUT2D eigenvalue weighted by Gasteiger charge is -2.30. The SMILES string of the molecule is COc1cc(SC)ccc1C(=O)Nc1ccc(S(=O)(=O)N(C)C2CCCCC2)cc1. The number of rotatable bonds is 7. The lowest BCUT2D eigenvalue weighted by atomic mass is 9.96. The van der Waals surface area contributed by atoms with Gasteiger partial charge in [-0.1, -0.05) is 19.3 Å². The standard InChI is InChI=1S/C22H28N2O4S2/c1-24(17-7-5-4-6-8-17)30(26,27)19-12-9-16(10-13-19)23-22(25)20-14-11-18(29-3)15-21(20)28-2/h9-15,17H,4-8H2,1-3H3,(H,23,25). The van der Waals surface area contributed by atoms with E-state index in [1.807, 2.05) is 18.4 Å². The first-order valence-corrected chi connectivity index (χ1v) is 12.6. The molecule has 1 aliphatic rings. The number of ether oxygens (including phenoxy) is 1. The highest BCUT2D eigenvalue weighted by Gasteiger charge is 2.29. The molecule has 1 aliphatic carbocycles. The number of carbonyl (C=O) groups is 1. The number of hydrogen-bond donors (Lipinski definition) is 1. The fourth-order valence-electron chi connectivity index (χ4n) is 3.70. The van der Waals surface area contributed by atoms with Crippen molar-refractivity contribution < 1.29 is 17.9 Å². The molecule has 0 unspecified atom stereocenters. The first kappa shape index (κ1) is 22.7. The minimum absolute atomic E-state index is 0.0554. The number of carbonyl (C=O) groups excluding carboxylic acids is 1. The fourth-order valence-corrected chi connectivity index (χ4v) is 5.55. The molecule has 1 N–H and O–H groups in total. The van der Waals surface area contributed by atoms with Crippen molar-refractivity contribution >= 4 is 33.4 Å². The number of thioether (sulfide) groups is 1. The molecule has 162 valence electrons. The van der Waals surface area contributed by atoms with Gasteiger partial charge in [0.1, 0.15) is 5.75 Å². The van der Waals surface area contributed by atoms with Crippen LogP contribution in [0.4, 0.5) is 5.69 Å². The van der Waals surface area contributed by atoms with Gasteiger partial charge < -0.3 is 10.1 Å². The van der Waals surface area contributed by atoms with Crippen molar-refractivity contribution in [2.75, 3.05) is 25.7 Å². The average molecular weight is 449 g/mol. The Morgan fingerprint density at radius 1 is 1.10 bits per heavy atom. The van der Waals surface area contributed by atoms with Crippen molar-refractivity contribution in [1.82, 2.24) is 4.31 Å². The van der Waals surface area contributed by atoms with Gasteiger partial charge in [-0.05, 0) is 61.6 Å². The van der Waals surface area contributed by atoms with E-state index in [4.69, 9.17) is 4.74 Å². The summed E-state index contributed by atoms with van der Waals surface area (Å²) in [4.78, 5) is 13.9. The summed E-state index contributed by atoms with van der Waals surface area (Å²) in [5, 5.41) is 2.81.